The van der Waals surface area contributed by atoms with Crippen LogP contribution in [0.15, 0.2) is 60.7 Å². The third-order valence-electron chi connectivity index (χ3n) is 4.30. The summed E-state index contributed by atoms with van der Waals surface area (Å²) < 4.78 is 31.6. The summed E-state index contributed by atoms with van der Waals surface area (Å²) >= 11 is 0. The van der Waals surface area contributed by atoms with Crippen molar-refractivity contribution in [3.8, 4) is 0 Å². The zero-order valence-corrected chi connectivity index (χ0v) is 16.2. The maximum absolute atomic E-state index is 8.74. The first-order chi connectivity index (χ1) is 13.1. The Hall–Kier alpha value is -3.07. The van der Waals surface area contributed by atoms with Crippen LogP contribution in [0.2, 0.25) is 0 Å². The summed E-state index contributed by atoms with van der Waals surface area (Å²) in [6, 6.07) is 21.0. The van der Waals surface area contributed by atoms with Crippen LogP contribution in [-0.4, -0.2) is 17.5 Å². The second-order valence-electron chi connectivity index (χ2n) is 6.49. The van der Waals surface area contributed by atoms with Gasteiger partial charge in [0.2, 0.25) is 0 Å². The number of nitrogen functional groups attached to an aromatic ring is 1. The zero-order valence-electron chi connectivity index (χ0n) is 15.4. The molecule has 0 aliphatic carbocycles. The molecule has 0 bridgehead atoms. The number of benzene rings is 3. The number of nitrogens with one attached hydrogen (secondary N) is 1. The fourth-order valence-corrected chi connectivity index (χ4v) is 3.07. The van der Waals surface area contributed by atoms with Gasteiger partial charge in [-0.15, -0.1) is 0 Å². The Morgan fingerprint density at radius 1 is 0.893 bits per heavy atom. The van der Waals surface area contributed by atoms with Gasteiger partial charge in [0.15, 0.2) is 0 Å². The van der Waals surface area contributed by atoms with Crippen LogP contribution in [0.3, 0.4) is 0 Å². The minimum atomic E-state index is -4.67. The summed E-state index contributed by atoms with van der Waals surface area (Å²) in [6.45, 7) is 4.15. The van der Waals surface area contributed by atoms with E-state index in [1.807, 2.05) is 19.1 Å². The lowest BCUT2D eigenvalue weighted by Gasteiger charge is -2.34. The smallest absolute Gasteiger partial charge is 0.394 e. The lowest BCUT2D eigenvalue weighted by Crippen LogP contribution is -2.18. The first-order valence-corrected chi connectivity index (χ1v) is 9.86. The van der Waals surface area contributed by atoms with Gasteiger partial charge in [-0.3, -0.25) is 9.11 Å². The Bertz CT molecular complexity index is 1110. The molecule has 1 aliphatic heterocycles. The monoisotopic (exact) mass is 399 g/mol. The Morgan fingerprint density at radius 3 is 2.14 bits per heavy atom. The molecule has 0 atom stereocenters. The van der Waals surface area contributed by atoms with Crippen LogP contribution in [0.1, 0.15) is 11.1 Å². The summed E-state index contributed by atoms with van der Waals surface area (Å²) in [4.78, 5) is 2.26. The summed E-state index contributed by atoms with van der Waals surface area (Å²) in [5.74, 6) is 0. The van der Waals surface area contributed by atoms with Crippen molar-refractivity contribution in [2.75, 3.05) is 16.0 Å². The second kappa shape index (κ2) is 7.51. The fourth-order valence-electron chi connectivity index (χ4n) is 3.07. The standard InChI is InChI=1S/C20H19N3.H2O4S/c1-13-8-9-19-17(10-13)22-18-11-14(2)16(21)12-20(18)23(19)15-6-4-3-5-7-15;1-5(2,3)4/h3-12,22H,21H2,1-2H3;(H2,1,2,3,4). The average molecular weight is 399 g/mol. The van der Waals surface area contributed by atoms with Gasteiger partial charge in [-0.1, -0.05) is 24.3 Å². The van der Waals surface area contributed by atoms with E-state index in [1.165, 1.54) is 5.56 Å². The van der Waals surface area contributed by atoms with E-state index in [1.54, 1.807) is 0 Å². The van der Waals surface area contributed by atoms with E-state index in [-0.39, 0.29) is 0 Å². The number of hydrogen-bond acceptors (Lipinski definition) is 5. The SMILES string of the molecule is Cc1ccc2c(c1)Nc1cc(C)c(N)cc1N2c1ccccc1.O=S(=O)(O)O. The number of nitrogens with zero attached hydrogens (tertiary/aromatic N) is 1. The molecular formula is C20H21N3O4S. The van der Waals surface area contributed by atoms with Crippen LogP contribution in [0.5, 0.6) is 0 Å². The Labute approximate surface area is 164 Å². The highest BCUT2D eigenvalue weighted by molar-refractivity contribution is 7.79. The van der Waals surface area contributed by atoms with Gasteiger partial charge < -0.3 is 16.0 Å². The molecule has 0 unspecified atom stereocenters. The summed E-state index contributed by atoms with van der Waals surface area (Å²) in [5, 5.41) is 3.55. The predicted molar refractivity (Wildman–Crippen MR) is 112 cm³/mol. The molecule has 0 radical (unpaired) electrons. The molecule has 0 saturated carbocycles. The summed E-state index contributed by atoms with van der Waals surface area (Å²) in [7, 11) is -4.67. The van der Waals surface area contributed by atoms with Crippen molar-refractivity contribution in [3.63, 3.8) is 0 Å². The van der Waals surface area contributed by atoms with Gasteiger partial charge in [0.25, 0.3) is 0 Å². The largest absolute Gasteiger partial charge is 0.398 e. The minimum Gasteiger partial charge on any atom is -0.398 e. The molecule has 7 nitrogen and oxygen atoms in total. The molecule has 1 heterocycles. The minimum absolute atomic E-state index is 0.807. The highest BCUT2D eigenvalue weighted by atomic mass is 32.3. The van der Waals surface area contributed by atoms with Gasteiger partial charge in [-0.05, 0) is 61.4 Å². The lowest BCUT2D eigenvalue weighted by molar-refractivity contribution is 0.381. The van der Waals surface area contributed by atoms with Crippen LogP contribution in [0, 0.1) is 13.8 Å². The van der Waals surface area contributed by atoms with Crippen molar-refractivity contribution in [1.82, 2.24) is 0 Å². The van der Waals surface area contributed by atoms with Gasteiger partial charge in [-0.2, -0.15) is 8.42 Å². The van der Waals surface area contributed by atoms with Crippen LogP contribution in [-0.2, 0) is 10.4 Å². The topological polar surface area (TPSA) is 116 Å². The van der Waals surface area contributed by atoms with Crippen LogP contribution >= 0.6 is 0 Å². The first kappa shape index (κ1) is 19.7. The second-order valence-corrected chi connectivity index (χ2v) is 7.39. The quantitative estimate of drug-likeness (QED) is 0.269. The molecule has 0 saturated heterocycles. The van der Waals surface area contributed by atoms with E-state index in [9.17, 15) is 0 Å². The van der Waals surface area contributed by atoms with Gasteiger partial charge in [0.1, 0.15) is 0 Å². The van der Waals surface area contributed by atoms with E-state index in [4.69, 9.17) is 23.3 Å². The average Bonchev–Trinajstić information content (AvgIpc) is 2.60. The van der Waals surface area contributed by atoms with Crippen molar-refractivity contribution in [2.45, 2.75) is 13.8 Å². The maximum atomic E-state index is 8.74. The molecule has 8 heteroatoms. The zero-order chi connectivity index (χ0) is 20.5. The van der Waals surface area contributed by atoms with Gasteiger partial charge >= 0.3 is 10.4 Å². The van der Waals surface area contributed by atoms with Gasteiger partial charge in [0.05, 0.1) is 22.7 Å². The number of fused-ring (bicyclic) bond motifs is 2. The van der Waals surface area contributed by atoms with E-state index in [0.717, 1.165) is 39.7 Å². The molecule has 3 aromatic carbocycles. The third-order valence-corrected chi connectivity index (χ3v) is 4.30. The number of aryl methyl sites for hydroxylation is 2. The van der Waals surface area contributed by atoms with Crippen molar-refractivity contribution < 1.29 is 17.5 Å². The van der Waals surface area contributed by atoms with Gasteiger partial charge in [0, 0.05) is 11.4 Å². The van der Waals surface area contributed by atoms with Crippen molar-refractivity contribution in [1.29, 1.82) is 0 Å². The number of anilines is 6. The molecule has 0 amide bonds. The third kappa shape index (κ3) is 4.42. The lowest BCUT2D eigenvalue weighted by atomic mass is 10.0. The highest BCUT2D eigenvalue weighted by Crippen LogP contribution is 2.49. The number of rotatable bonds is 1. The molecule has 0 spiro atoms. The van der Waals surface area contributed by atoms with Gasteiger partial charge in [-0.25, -0.2) is 0 Å². The number of para-hydroxylation sites is 1. The number of hydrogen-bond donors (Lipinski definition) is 4. The molecule has 5 N–H and O–H groups in total. The van der Waals surface area contributed by atoms with Crippen LogP contribution in [0.4, 0.5) is 34.1 Å². The molecule has 0 aromatic heterocycles. The van der Waals surface area contributed by atoms with E-state index < -0.39 is 10.4 Å². The Morgan fingerprint density at radius 2 is 1.50 bits per heavy atom. The molecule has 4 rings (SSSR count). The van der Waals surface area contributed by atoms with Crippen molar-refractivity contribution in [3.05, 3.63) is 71.8 Å². The Balaban J connectivity index is 0.000000403. The Kier molecular flexibility index (Phi) is 5.28. The normalized spacial score (nSPS) is 12.2. The van der Waals surface area contributed by atoms with E-state index in [0.29, 0.717) is 0 Å². The first-order valence-electron chi connectivity index (χ1n) is 8.46. The molecule has 1 aliphatic rings. The maximum Gasteiger partial charge on any atom is 0.394 e. The molecule has 3 aromatic rings. The molecule has 146 valence electrons. The van der Waals surface area contributed by atoms with Crippen LogP contribution in [0.25, 0.3) is 0 Å². The molecule has 0 fully saturated rings. The van der Waals surface area contributed by atoms with E-state index >= 15 is 0 Å². The predicted octanol–water partition coefficient (Wildman–Crippen LogP) is 4.76. The van der Waals surface area contributed by atoms with Crippen molar-refractivity contribution in [2.24, 2.45) is 0 Å². The summed E-state index contributed by atoms with van der Waals surface area (Å²) in [5.41, 5.74) is 14.8. The van der Waals surface area contributed by atoms with E-state index in [2.05, 4.69) is 65.7 Å². The summed E-state index contributed by atoms with van der Waals surface area (Å²) in [6.07, 6.45) is 0. The van der Waals surface area contributed by atoms with Crippen molar-refractivity contribution >= 4 is 44.5 Å². The molecule has 28 heavy (non-hydrogen) atoms. The molecular weight excluding hydrogens is 378 g/mol. The van der Waals surface area contributed by atoms with Crippen LogP contribution < -0.4 is 16.0 Å². The highest BCUT2D eigenvalue weighted by Gasteiger charge is 2.24. The fraction of sp³-hybridized carbons (Fsp3) is 0.100. The number of nitrogens with two attached hydrogens (primary N) is 1.